The highest BCUT2D eigenvalue weighted by atomic mass is 32.2. The highest BCUT2D eigenvalue weighted by Gasteiger charge is 2.30. The first kappa shape index (κ1) is 16.7. The number of rotatable bonds is 3. The summed E-state index contributed by atoms with van der Waals surface area (Å²) < 4.78 is 1.76. The molecule has 2 aromatic rings. The Labute approximate surface area is 145 Å². The summed E-state index contributed by atoms with van der Waals surface area (Å²) in [5, 5.41) is 16.9. The maximum absolute atomic E-state index is 12.8. The van der Waals surface area contributed by atoms with Crippen LogP contribution in [0, 0.1) is 0 Å². The normalized spacial score (nSPS) is 19.1. The van der Waals surface area contributed by atoms with Crippen LogP contribution in [0.2, 0.25) is 0 Å². The average Bonchev–Trinajstić information content (AvgIpc) is 3.01. The van der Waals surface area contributed by atoms with Crippen molar-refractivity contribution in [3.63, 3.8) is 0 Å². The monoisotopic (exact) mass is 346 g/mol. The number of aromatic hydroxyl groups is 1. The molecule has 1 aliphatic heterocycles. The summed E-state index contributed by atoms with van der Waals surface area (Å²) in [7, 11) is 1.88. The predicted molar refractivity (Wildman–Crippen MR) is 95.0 cm³/mol. The molecular formula is C17H22N4O2S. The lowest BCUT2D eigenvalue weighted by atomic mass is 10.1. The molecule has 128 valence electrons. The molecule has 0 aliphatic carbocycles. The number of benzene rings is 1. The molecule has 2 amide bonds. The van der Waals surface area contributed by atoms with Gasteiger partial charge in [-0.3, -0.25) is 4.68 Å². The van der Waals surface area contributed by atoms with Crippen LogP contribution < -0.4 is 5.32 Å². The first-order chi connectivity index (χ1) is 11.5. The summed E-state index contributed by atoms with van der Waals surface area (Å²) in [4.78, 5) is 14.7. The molecule has 2 N–H and O–H groups in total. The van der Waals surface area contributed by atoms with Crippen molar-refractivity contribution in [3.8, 4) is 5.75 Å². The van der Waals surface area contributed by atoms with Gasteiger partial charge in [-0.2, -0.15) is 16.9 Å². The molecule has 7 heteroatoms. The molecule has 24 heavy (non-hydrogen) atoms. The molecule has 1 unspecified atom stereocenters. The zero-order valence-corrected chi connectivity index (χ0v) is 14.7. The lowest BCUT2D eigenvalue weighted by Gasteiger charge is -2.35. The Kier molecular flexibility index (Phi) is 4.99. The van der Waals surface area contributed by atoms with Crippen molar-refractivity contribution < 1.29 is 9.90 Å². The maximum atomic E-state index is 12.8. The Morgan fingerprint density at radius 2 is 2.33 bits per heavy atom. The SMILES string of the molecule is C[C@@H](NC(=O)N1CCSCC1c1cnn(C)c1)c1cccc(O)c1. The minimum atomic E-state index is -0.172. The molecule has 2 heterocycles. The van der Waals surface area contributed by atoms with Crippen molar-refractivity contribution >= 4 is 17.8 Å². The Morgan fingerprint density at radius 1 is 1.50 bits per heavy atom. The van der Waals surface area contributed by atoms with E-state index >= 15 is 0 Å². The van der Waals surface area contributed by atoms with E-state index < -0.39 is 0 Å². The van der Waals surface area contributed by atoms with Gasteiger partial charge in [0.1, 0.15) is 5.75 Å². The van der Waals surface area contributed by atoms with Crippen LogP contribution in [-0.2, 0) is 7.05 Å². The van der Waals surface area contributed by atoms with Gasteiger partial charge in [-0.1, -0.05) is 12.1 Å². The molecular weight excluding hydrogens is 324 g/mol. The minimum absolute atomic E-state index is 0.0360. The molecule has 1 saturated heterocycles. The van der Waals surface area contributed by atoms with Gasteiger partial charge in [0.05, 0.1) is 18.3 Å². The van der Waals surface area contributed by atoms with E-state index in [1.807, 2.05) is 49.1 Å². The second-order valence-electron chi connectivity index (χ2n) is 6.00. The van der Waals surface area contributed by atoms with Crippen LogP contribution in [-0.4, -0.2) is 43.9 Å². The van der Waals surface area contributed by atoms with Crippen molar-refractivity contribution in [2.24, 2.45) is 7.05 Å². The third kappa shape index (κ3) is 3.67. The number of nitrogens with one attached hydrogen (secondary N) is 1. The summed E-state index contributed by atoms with van der Waals surface area (Å²) in [6.45, 7) is 2.63. The van der Waals surface area contributed by atoms with Crippen molar-refractivity contribution in [1.29, 1.82) is 0 Å². The number of hydrogen-bond acceptors (Lipinski definition) is 4. The minimum Gasteiger partial charge on any atom is -0.508 e. The van der Waals surface area contributed by atoms with Crippen molar-refractivity contribution in [2.75, 3.05) is 18.1 Å². The smallest absolute Gasteiger partial charge is 0.318 e. The summed E-state index contributed by atoms with van der Waals surface area (Å²) >= 11 is 1.85. The number of aromatic nitrogens is 2. The number of phenolic OH excluding ortho intramolecular Hbond substituents is 1. The van der Waals surface area contributed by atoms with E-state index in [4.69, 9.17) is 0 Å². The van der Waals surface area contributed by atoms with E-state index in [1.165, 1.54) is 0 Å². The Hall–Kier alpha value is -2.15. The zero-order chi connectivity index (χ0) is 17.1. The predicted octanol–water partition coefficient (Wildman–Crippen LogP) is 2.69. The van der Waals surface area contributed by atoms with Gasteiger partial charge in [-0.25, -0.2) is 4.79 Å². The topological polar surface area (TPSA) is 70.4 Å². The highest BCUT2D eigenvalue weighted by Crippen LogP contribution is 2.29. The van der Waals surface area contributed by atoms with Crippen LogP contribution in [0.15, 0.2) is 36.7 Å². The molecule has 1 aromatic carbocycles. The van der Waals surface area contributed by atoms with Crippen LogP contribution in [0.25, 0.3) is 0 Å². The van der Waals surface area contributed by atoms with E-state index in [9.17, 15) is 9.90 Å². The number of nitrogens with zero attached hydrogens (tertiary/aromatic N) is 3. The Morgan fingerprint density at radius 3 is 3.04 bits per heavy atom. The number of carbonyl (C=O) groups is 1. The van der Waals surface area contributed by atoms with Gasteiger partial charge in [0.15, 0.2) is 0 Å². The number of urea groups is 1. The fourth-order valence-corrected chi connectivity index (χ4v) is 3.97. The zero-order valence-electron chi connectivity index (χ0n) is 13.8. The largest absolute Gasteiger partial charge is 0.508 e. The number of aryl methyl sites for hydroxylation is 1. The summed E-state index contributed by atoms with van der Waals surface area (Å²) in [6.07, 6.45) is 3.80. The van der Waals surface area contributed by atoms with E-state index in [2.05, 4.69) is 10.4 Å². The number of amides is 2. The molecule has 1 aromatic heterocycles. The average molecular weight is 346 g/mol. The number of hydrogen-bond donors (Lipinski definition) is 2. The van der Waals surface area contributed by atoms with Crippen molar-refractivity contribution in [3.05, 3.63) is 47.8 Å². The fourth-order valence-electron chi connectivity index (χ4n) is 2.88. The fraction of sp³-hybridized carbons (Fsp3) is 0.412. The Balaban J connectivity index is 1.72. The third-order valence-corrected chi connectivity index (χ3v) is 5.23. The van der Waals surface area contributed by atoms with Crippen LogP contribution in [0.3, 0.4) is 0 Å². The molecule has 1 aliphatic rings. The molecule has 3 rings (SSSR count). The summed E-state index contributed by atoms with van der Waals surface area (Å²) in [5.41, 5.74) is 1.94. The number of thioether (sulfide) groups is 1. The first-order valence-electron chi connectivity index (χ1n) is 7.97. The molecule has 0 bridgehead atoms. The van der Waals surface area contributed by atoms with E-state index in [-0.39, 0.29) is 23.9 Å². The maximum Gasteiger partial charge on any atom is 0.318 e. The van der Waals surface area contributed by atoms with Gasteiger partial charge in [0, 0.05) is 36.9 Å². The molecule has 6 nitrogen and oxygen atoms in total. The molecule has 0 radical (unpaired) electrons. The lowest BCUT2D eigenvalue weighted by Crippen LogP contribution is -2.46. The van der Waals surface area contributed by atoms with Gasteiger partial charge in [0.2, 0.25) is 0 Å². The second-order valence-corrected chi connectivity index (χ2v) is 7.15. The van der Waals surface area contributed by atoms with Crippen LogP contribution >= 0.6 is 11.8 Å². The van der Waals surface area contributed by atoms with Gasteiger partial charge >= 0.3 is 6.03 Å². The van der Waals surface area contributed by atoms with E-state index in [1.54, 1.807) is 22.9 Å². The van der Waals surface area contributed by atoms with E-state index in [0.717, 1.165) is 22.6 Å². The second kappa shape index (κ2) is 7.17. The highest BCUT2D eigenvalue weighted by molar-refractivity contribution is 7.99. The number of carbonyl (C=O) groups excluding carboxylic acids is 1. The molecule has 1 fully saturated rings. The molecule has 0 saturated carbocycles. The van der Waals surface area contributed by atoms with E-state index in [0.29, 0.717) is 6.54 Å². The first-order valence-corrected chi connectivity index (χ1v) is 9.12. The van der Waals surface area contributed by atoms with Gasteiger partial charge < -0.3 is 15.3 Å². The quantitative estimate of drug-likeness (QED) is 0.896. The van der Waals surface area contributed by atoms with Gasteiger partial charge in [0.25, 0.3) is 0 Å². The Bertz CT molecular complexity index is 718. The lowest BCUT2D eigenvalue weighted by molar-refractivity contribution is 0.179. The summed E-state index contributed by atoms with van der Waals surface area (Å²) in [5.74, 6) is 2.01. The van der Waals surface area contributed by atoms with Gasteiger partial charge in [-0.05, 0) is 24.6 Å². The van der Waals surface area contributed by atoms with Crippen LogP contribution in [0.1, 0.15) is 30.1 Å². The van der Waals surface area contributed by atoms with Crippen molar-refractivity contribution in [1.82, 2.24) is 20.0 Å². The molecule has 0 spiro atoms. The van der Waals surface area contributed by atoms with Gasteiger partial charge in [-0.15, -0.1) is 0 Å². The standard InChI is InChI=1S/C17H22N4O2S/c1-12(13-4-3-5-15(22)8-13)19-17(23)21-6-7-24-11-16(21)14-9-18-20(2)10-14/h3-5,8-10,12,16,22H,6-7,11H2,1-2H3,(H,19,23)/t12-,16?/m1/s1. The third-order valence-electron chi connectivity index (χ3n) is 4.21. The summed E-state index contributed by atoms with van der Waals surface area (Å²) in [6, 6.07) is 6.76. The van der Waals surface area contributed by atoms with Crippen LogP contribution in [0.5, 0.6) is 5.75 Å². The molecule has 2 atom stereocenters. The van der Waals surface area contributed by atoms with Crippen LogP contribution in [0.4, 0.5) is 4.79 Å². The van der Waals surface area contributed by atoms with Crippen molar-refractivity contribution in [2.45, 2.75) is 19.0 Å². The number of phenols is 1.